The lowest BCUT2D eigenvalue weighted by molar-refractivity contribution is 0.896. The maximum Gasteiger partial charge on any atom is 0.124 e. The highest BCUT2D eigenvalue weighted by atomic mass is 32.2. The molecule has 4 heteroatoms. The van der Waals surface area contributed by atoms with Crippen molar-refractivity contribution in [3.63, 3.8) is 0 Å². The fourth-order valence-corrected chi connectivity index (χ4v) is 2.17. The average molecular weight is 209 g/mol. The molecule has 0 saturated carbocycles. The molecular weight excluding hydrogens is 194 g/mol. The number of nitrogens with one attached hydrogen (secondary N) is 1. The second kappa shape index (κ2) is 5.65. The number of nitrogens with zero attached hydrogens (tertiary/aromatic N) is 1. The van der Waals surface area contributed by atoms with Crippen LogP contribution in [0.2, 0.25) is 0 Å². The minimum absolute atomic E-state index is 0.117. The fourth-order valence-electron chi connectivity index (χ4n) is 1.04. The molecule has 1 heterocycles. The van der Waals surface area contributed by atoms with Crippen LogP contribution in [0.1, 0.15) is 25.3 Å². The van der Waals surface area contributed by atoms with Crippen LogP contribution in [0, 0.1) is 5.41 Å². The van der Waals surface area contributed by atoms with Gasteiger partial charge in [-0.05, 0) is 18.2 Å². The molecule has 1 aromatic rings. The second-order valence-electron chi connectivity index (χ2n) is 2.99. The lowest BCUT2D eigenvalue weighted by Crippen LogP contribution is -2.12. The van der Waals surface area contributed by atoms with Crippen LogP contribution in [0.5, 0.6) is 0 Å². The van der Waals surface area contributed by atoms with Gasteiger partial charge in [0, 0.05) is 22.9 Å². The molecule has 0 aliphatic heterocycles. The largest absolute Gasteiger partial charge is 0.384 e. The molecule has 0 unspecified atom stereocenters. The van der Waals surface area contributed by atoms with Crippen LogP contribution in [0.4, 0.5) is 0 Å². The predicted molar refractivity (Wildman–Crippen MR) is 60.9 cm³/mol. The van der Waals surface area contributed by atoms with Crippen molar-refractivity contribution in [3.05, 3.63) is 24.0 Å². The highest BCUT2D eigenvalue weighted by molar-refractivity contribution is 7.99. The van der Waals surface area contributed by atoms with Crippen LogP contribution >= 0.6 is 11.8 Å². The average Bonchev–Trinajstić information content (AvgIpc) is 2.19. The molecule has 0 amide bonds. The second-order valence-corrected chi connectivity index (χ2v) is 4.12. The summed E-state index contributed by atoms with van der Waals surface area (Å²) in [5.74, 6) is 1.18. The van der Waals surface area contributed by atoms with Gasteiger partial charge in [-0.15, -0.1) is 11.8 Å². The van der Waals surface area contributed by atoms with E-state index >= 15 is 0 Å². The molecule has 3 nitrogen and oxygen atoms in total. The third-order valence-electron chi connectivity index (χ3n) is 1.83. The van der Waals surface area contributed by atoms with Crippen LogP contribution in [0.15, 0.2) is 23.4 Å². The van der Waals surface area contributed by atoms with E-state index in [2.05, 4.69) is 11.9 Å². The Balaban J connectivity index is 2.69. The number of pyridine rings is 1. The Morgan fingerprint density at radius 2 is 2.43 bits per heavy atom. The van der Waals surface area contributed by atoms with Crippen molar-refractivity contribution >= 4 is 17.6 Å². The molecule has 14 heavy (non-hydrogen) atoms. The number of nitrogens with two attached hydrogens (primary N) is 1. The molecule has 0 aliphatic carbocycles. The molecule has 0 aromatic carbocycles. The van der Waals surface area contributed by atoms with E-state index in [4.69, 9.17) is 11.1 Å². The van der Waals surface area contributed by atoms with E-state index in [1.807, 2.05) is 0 Å². The third kappa shape index (κ3) is 3.03. The highest BCUT2D eigenvalue weighted by Gasteiger charge is 2.04. The van der Waals surface area contributed by atoms with Crippen molar-refractivity contribution in [2.45, 2.75) is 24.7 Å². The maximum absolute atomic E-state index is 7.39. The Morgan fingerprint density at radius 1 is 1.64 bits per heavy atom. The first kappa shape index (κ1) is 11.0. The Kier molecular flexibility index (Phi) is 4.46. The first-order chi connectivity index (χ1) is 6.75. The van der Waals surface area contributed by atoms with E-state index in [1.54, 1.807) is 30.2 Å². The summed E-state index contributed by atoms with van der Waals surface area (Å²) in [6.45, 7) is 2.16. The number of thioether (sulfide) groups is 1. The Labute approximate surface area is 88.6 Å². The smallest absolute Gasteiger partial charge is 0.124 e. The summed E-state index contributed by atoms with van der Waals surface area (Å²) in [4.78, 5) is 5.04. The molecule has 0 bridgehead atoms. The van der Waals surface area contributed by atoms with Gasteiger partial charge < -0.3 is 5.73 Å². The summed E-state index contributed by atoms with van der Waals surface area (Å²) in [6, 6.07) is 1.79. The molecule has 1 aromatic heterocycles. The van der Waals surface area contributed by atoms with Gasteiger partial charge in [-0.3, -0.25) is 10.4 Å². The van der Waals surface area contributed by atoms with Gasteiger partial charge >= 0.3 is 0 Å². The van der Waals surface area contributed by atoms with Crippen molar-refractivity contribution in [1.82, 2.24) is 4.98 Å². The van der Waals surface area contributed by atoms with Crippen molar-refractivity contribution in [2.24, 2.45) is 5.73 Å². The number of rotatable bonds is 5. The molecule has 0 fully saturated rings. The molecule has 0 atom stereocenters. The number of hydrogen-bond acceptors (Lipinski definition) is 3. The highest BCUT2D eigenvalue weighted by Crippen LogP contribution is 2.22. The minimum atomic E-state index is 0.117. The summed E-state index contributed by atoms with van der Waals surface area (Å²) in [6.07, 6.45) is 5.80. The molecule has 0 spiro atoms. The van der Waals surface area contributed by atoms with Crippen LogP contribution < -0.4 is 5.73 Å². The van der Waals surface area contributed by atoms with Crippen molar-refractivity contribution in [1.29, 1.82) is 5.41 Å². The Bertz CT molecular complexity index is 312. The monoisotopic (exact) mass is 209 g/mol. The molecule has 1 rings (SSSR count). The zero-order chi connectivity index (χ0) is 10.4. The van der Waals surface area contributed by atoms with Crippen LogP contribution in [0.25, 0.3) is 0 Å². The van der Waals surface area contributed by atoms with Gasteiger partial charge in [-0.2, -0.15) is 0 Å². The molecule has 3 N–H and O–H groups in total. The zero-order valence-corrected chi connectivity index (χ0v) is 9.10. The SMILES string of the molecule is CCCCSc1cnccc1C(=N)N. The van der Waals surface area contributed by atoms with Gasteiger partial charge in [-0.1, -0.05) is 13.3 Å². The zero-order valence-electron chi connectivity index (χ0n) is 8.29. The number of nitrogen functional groups attached to an aromatic ring is 1. The van der Waals surface area contributed by atoms with E-state index in [-0.39, 0.29) is 5.84 Å². The predicted octanol–water partition coefficient (Wildman–Crippen LogP) is 2.26. The first-order valence-electron chi connectivity index (χ1n) is 4.67. The maximum atomic E-state index is 7.39. The van der Waals surface area contributed by atoms with Crippen LogP contribution in [-0.2, 0) is 0 Å². The summed E-state index contributed by atoms with van der Waals surface area (Å²) in [5.41, 5.74) is 6.25. The topological polar surface area (TPSA) is 62.8 Å². The number of aromatic nitrogens is 1. The molecule has 76 valence electrons. The summed E-state index contributed by atoms with van der Waals surface area (Å²) >= 11 is 1.72. The van der Waals surface area contributed by atoms with E-state index < -0.39 is 0 Å². The number of amidine groups is 1. The minimum Gasteiger partial charge on any atom is -0.384 e. The van der Waals surface area contributed by atoms with Crippen molar-refractivity contribution in [3.8, 4) is 0 Å². The molecule has 0 aliphatic rings. The lowest BCUT2D eigenvalue weighted by atomic mass is 10.2. The van der Waals surface area contributed by atoms with E-state index in [0.29, 0.717) is 0 Å². The summed E-state index contributed by atoms with van der Waals surface area (Å²) in [5, 5.41) is 7.39. The van der Waals surface area contributed by atoms with Gasteiger partial charge in [0.1, 0.15) is 5.84 Å². The Hall–Kier alpha value is -1.03. The van der Waals surface area contributed by atoms with Gasteiger partial charge in [0.15, 0.2) is 0 Å². The van der Waals surface area contributed by atoms with E-state index in [1.165, 1.54) is 12.8 Å². The van der Waals surface area contributed by atoms with E-state index in [0.717, 1.165) is 16.2 Å². The van der Waals surface area contributed by atoms with Crippen molar-refractivity contribution < 1.29 is 0 Å². The quantitative estimate of drug-likeness (QED) is 0.338. The van der Waals surface area contributed by atoms with Gasteiger partial charge in [0.25, 0.3) is 0 Å². The van der Waals surface area contributed by atoms with Crippen LogP contribution in [0.3, 0.4) is 0 Å². The summed E-state index contributed by atoms with van der Waals surface area (Å²) < 4.78 is 0. The molecular formula is C10H15N3S. The first-order valence-corrected chi connectivity index (χ1v) is 5.65. The van der Waals surface area contributed by atoms with Gasteiger partial charge in [0.2, 0.25) is 0 Å². The summed E-state index contributed by atoms with van der Waals surface area (Å²) in [7, 11) is 0. The lowest BCUT2D eigenvalue weighted by Gasteiger charge is -2.05. The van der Waals surface area contributed by atoms with Crippen molar-refractivity contribution in [2.75, 3.05) is 5.75 Å². The fraction of sp³-hybridized carbons (Fsp3) is 0.400. The standard InChI is InChI=1S/C10H15N3S/c1-2-3-6-14-9-7-13-5-4-8(9)10(11)12/h4-5,7H,2-3,6H2,1H3,(H3,11,12). The number of unbranched alkanes of at least 4 members (excludes halogenated alkanes) is 1. The van der Waals surface area contributed by atoms with Gasteiger partial charge in [0.05, 0.1) is 0 Å². The number of hydrogen-bond donors (Lipinski definition) is 2. The third-order valence-corrected chi connectivity index (χ3v) is 2.96. The van der Waals surface area contributed by atoms with Gasteiger partial charge in [-0.25, -0.2) is 0 Å². The van der Waals surface area contributed by atoms with E-state index in [9.17, 15) is 0 Å². The molecule has 0 saturated heterocycles. The van der Waals surface area contributed by atoms with Crippen LogP contribution in [-0.4, -0.2) is 16.6 Å². The Morgan fingerprint density at radius 3 is 3.07 bits per heavy atom. The molecule has 0 radical (unpaired) electrons. The normalized spacial score (nSPS) is 10.1.